The van der Waals surface area contributed by atoms with Gasteiger partial charge in [-0.25, -0.2) is 4.79 Å². The number of aromatic nitrogens is 3. The third-order valence-corrected chi connectivity index (χ3v) is 3.09. The van der Waals surface area contributed by atoms with E-state index < -0.39 is 6.09 Å². The van der Waals surface area contributed by atoms with Gasteiger partial charge < -0.3 is 10.1 Å². The molecule has 1 heterocycles. The van der Waals surface area contributed by atoms with Crippen molar-refractivity contribution in [2.75, 3.05) is 17.2 Å². The smallest absolute Gasteiger partial charge is 0.411 e. The van der Waals surface area contributed by atoms with Crippen molar-refractivity contribution in [1.29, 1.82) is 5.26 Å². The third kappa shape index (κ3) is 4.30. The summed E-state index contributed by atoms with van der Waals surface area (Å²) in [5, 5.41) is 21.8. The van der Waals surface area contributed by atoms with Crippen LogP contribution in [0.3, 0.4) is 0 Å². The lowest BCUT2D eigenvalue weighted by Gasteiger charge is -2.10. The zero-order chi connectivity index (χ0) is 17.5. The Hall–Kier alpha value is -3.41. The van der Waals surface area contributed by atoms with E-state index in [4.69, 9.17) is 4.74 Å². The van der Waals surface area contributed by atoms with Crippen molar-refractivity contribution in [2.24, 2.45) is 7.05 Å². The van der Waals surface area contributed by atoms with E-state index in [1.807, 2.05) is 6.07 Å². The minimum atomic E-state index is -0.644. The fourth-order valence-corrected chi connectivity index (χ4v) is 1.94. The van der Waals surface area contributed by atoms with Crippen molar-refractivity contribution < 1.29 is 14.3 Å². The minimum absolute atomic E-state index is 0.105. The molecular weight excluding hydrogens is 312 g/mol. The Morgan fingerprint density at radius 1 is 1.38 bits per heavy atom. The molecule has 0 aliphatic rings. The molecule has 0 unspecified atom stereocenters. The molecule has 0 aliphatic carbocycles. The Bertz CT molecular complexity index is 793. The number of carbonyl (C=O) groups is 2. The summed E-state index contributed by atoms with van der Waals surface area (Å²) in [5.41, 5.74) is 1.63. The van der Waals surface area contributed by atoms with Gasteiger partial charge in [0, 0.05) is 12.7 Å². The number of hydrogen-bond acceptors (Lipinski definition) is 6. The summed E-state index contributed by atoms with van der Waals surface area (Å²) in [4.78, 5) is 23.5. The Kier molecular flexibility index (Phi) is 5.46. The molecule has 2 N–H and O–H groups in total. The molecule has 1 aromatic heterocycles. The molecule has 0 spiro atoms. The predicted molar refractivity (Wildman–Crippen MR) is 85.1 cm³/mol. The maximum absolute atomic E-state index is 12.0. The lowest BCUT2D eigenvalue weighted by Crippen LogP contribution is -2.17. The van der Waals surface area contributed by atoms with Crippen molar-refractivity contribution in [2.45, 2.75) is 13.3 Å². The number of nitrogens with one attached hydrogen (secondary N) is 2. The molecule has 0 bridgehead atoms. The fourth-order valence-electron chi connectivity index (χ4n) is 1.94. The van der Waals surface area contributed by atoms with E-state index in [1.165, 1.54) is 23.0 Å². The van der Waals surface area contributed by atoms with Crippen LogP contribution in [-0.2, 0) is 23.0 Å². The number of nitriles is 1. The molecular formula is C15H16N6O3. The number of anilines is 2. The van der Waals surface area contributed by atoms with Crippen LogP contribution in [-0.4, -0.2) is 33.6 Å². The average molecular weight is 328 g/mol. The number of nitrogens with zero attached hydrogens (tertiary/aromatic N) is 4. The molecule has 24 heavy (non-hydrogen) atoms. The molecule has 124 valence electrons. The molecule has 2 rings (SSSR count). The van der Waals surface area contributed by atoms with Gasteiger partial charge in [0.25, 0.3) is 0 Å². The molecule has 1 aromatic carbocycles. The molecule has 0 radical (unpaired) electrons. The zero-order valence-electron chi connectivity index (χ0n) is 13.2. The van der Waals surface area contributed by atoms with E-state index in [0.717, 1.165) is 0 Å². The number of aryl methyl sites for hydroxylation is 1. The van der Waals surface area contributed by atoms with E-state index in [2.05, 4.69) is 20.9 Å². The van der Waals surface area contributed by atoms with Crippen LogP contribution in [0.5, 0.6) is 0 Å². The summed E-state index contributed by atoms with van der Waals surface area (Å²) in [7, 11) is 1.69. The summed E-state index contributed by atoms with van der Waals surface area (Å²) >= 11 is 0. The number of benzene rings is 1. The summed E-state index contributed by atoms with van der Waals surface area (Å²) in [6.07, 6.45) is 0.968. The summed E-state index contributed by atoms with van der Waals surface area (Å²) < 4.78 is 6.27. The number of ether oxygens (including phenoxy) is 1. The van der Waals surface area contributed by atoms with Crippen molar-refractivity contribution in [3.05, 3.63) is 35.7 Å². The number of hydrogen-bond donors (Lipinski definition) is 2. The first kappa shape index (κ1) is 17.0. The summed E-state index contributed by atoms with van der Waals surface area (Å²) in [6.45, 7) is 1.91. The van der Waals surface area contributed by atoms with Crippen LogP contribution in [0.2, 0.25) is 0 Å². The quantitative estimate of drug-likeness (QED) is 0.856. The first-order chi connectivity index (χ1) is 11.5. The van der Waals surface area contributed by atoms with Crippen molar-refractivity contribution >= 4 is 23.4 Å². The molecule has 2 aromatic rings. The van der Waals surface area contributed by atoms with Gasteiger partial charge in [-0.1, -0.05) is 5.21 Å². The largest absolute Gasteiger partial charge is 0.450 e. The topological polar surface area (TPSA) is 122 Å². The Morgan fingerprint density at radius 2 is 2.17 bits per heavy atom. The highest BCUT2D eigenvalue weighted by molar-refractivity contribution is 5.93. The number of amides is 2. The van der Waals surface area contributed by atoms with Crippen molar-refractivity contribution in [3.63, 3.8) is 0 Å². The van der Waals surface area contributed by atoms with Crippen LogP contribution >= 0.6 is 0 Å². The van der Waals surface area contributed by atoms with E-state index >= 15 is 0 Å². The maximum atomic E-state index is 12.0. The third-order valence-electron chi connectivity index (χ3n) is 3.09. The van der Waals surface area contributed by atoms with E-state index in [9.17, 15) is 14.9 Å². The zero-order valence-corrected chi connectivity index (χ0v) is 13.2. The molecule has 0 fully saturated rings. The number of rotatable bonds is 5. The van der Waals surface area contributed by atoms with Gasteiger partial charge in [0.05, 0.1) is 36.2 Å². The maximum Gasteiger partial charge on any atom is 0.411 e. The molecule has 0 atom stereocenters. The van der Waals surface area contributed by atoms with Crippen LogP contribution in [0.4, 0.5) is 16.2 Å². The highest BCUT2D eigenvalue weighted by atomic mass is 16.5. The van der Waals surface area contributed by atoms with Gasteiger partial charge in [0.15, 0.2) is 0 Å². The normalized spacial score (nSPS) is 9.88. The first-order valence-corrected chi connectivity index (χ1v) is 7.14. The lowest BCUT2D eigenvalue weighted by molar-refractivity contribution is -0.115. The van der Waals surface area contributed by atoms with Crippen LogP contribution in [0.15, 0.2) is 24.4 Å². The van der Waals surface area contributed by atoms with Crippen LogP contribution < -0.4 is 10.6 Å². The SMILES string of the molecule is CCOC(=O)Nc1ccc(NC(=O)Cc2cnnn2C)cc1C#N. The van der Waals surface area contributed by atoms with Crippen molar-refractivity contribution in [3.8, 4) is 6.07 Å². The van der Waals surface area contributed by atoms with Crippen LogP contribution in [0, 0.1) is 11.3 Å². The van der Waals surface area contributed by atoms with Gasteiger partial charge in [0.1, 0.15) is 6.07 Å². The molecule has 0 saturated heterocycles. The minimum Gasteiger partial charge on any atom is -0.450 e. The van der Waals surface area contributed by atoms with Gasteiger partial charge in [-0.15, -0.1) is 5.10 Å². The molecule has 0 aliphatic heterocycles. The van der Waals surface area contributed by atoms with Gasteiger partial charge in [-0.3, -0.25) is 14.8 Å². The van der Waals surface area contributed by atoms with Crippen molar-refractivity contribution in [1.82, 2.24) is 15.0 Å². The predicted octanol–water partition coefficient (Wildman–Crippen LogP) is 1.44. The fraction of sp³-hybridized carbons (Fsp3) is 0.267. The second-order valence-corrected chi connectivity index (χ2v) is 4.79. The average Bonchev–Trinajstić information content (AvgIpc) is 2.94. The van der Waals surface area contributed by atoms with Crippen LogP contribution in [0.25, 0.3) is 0 Å². The first-order valence-electron chi connectivity index (χ1n) is 7.14. The second kappa shape index (κ2) is 7.73. The Morgan fingerprint density at radius 3 is 2.79 bits per heavy atom. The van der Waals surface area contributed by atoms with Gasteiger partial charge in [-0.05, 0) is 25.1 Å². The molecule has 9 heteroatoms. The van der Waals surface area contributed by atoms with E-state index in [-0.39, 0.29) is 24.5 Å². The molecule has 2 amide bonds. The Balaban J connectivity index is 2.06. The van der Waals surface area contributed by atoms with Gasteiger partial charge >= 0.3 is 6.09 Å². The monoisotopic (exact) mass is 328 g/mol. The van der Waals surface area contributed by atoms with Crippen LogP contribution in [0.1, 0.15) is 18.2 Å². The second-order valence-electron chi connectivity index (χ2n) is 4.79. The molecule has 0 saturated carbocycles. The highest BCUT2D eigenvalue weighted by Crippen LogP contribution is 2.20. The standard InChI is InChI=1S/C15H16N6O3/c1-3-24-15(23)19-13-5-4-11(6-10(13)8-16)18-14(22)7-12-9-17-20-21(12)2/h4-6,9H,3,7H2,1-2H3,(H,18,22)(H,19,23). The number of carbonyl (C=O) groups excluding carboxylic acids is 2. The van der Waals surface area contributed by atoms with Gasteiger partial charge in [0.2, 0.25) is 5.91 Å². The Labute approximate surface area is 138 Å². The highest BCUT2D eigenvalue weighted by Gasteiger charge is 2.11. The van der Waals surface area contributed by atoms with Gasteiger partial charge in [-0.2, -0.15) is 5.26 Å². The summed E-state index contributed by atoms with van der Waals surface area (Å²) in [5.74, 6) is -0.268. The lowest BCUT2D eigenvalue weighted by atomic mass is 10.1. The van der Waals surface area contributed by atoms with E-state index in [1.54, 1.807) is 20.0 Å². The summed E-state index contributed by atoms with van der Waals surface area (Å²) in [6, 6.07) is 6.55. The molecule has 9 nitrogen and oxygen atoms in total. The van der Waals surface area contributed by atoms with E-state index in [0.29, 0.717) is 17.1 Å².